The van der Waals surface area contributed by atoms with Crippen LogP contribution in [0.25, 0.3) is 11.5 Å². The van der Waals surface area contributed by atoms with Gasteiger partial charge in [-0.15, -0.1) is 0 Å². The summed E-state index contributed by atoms with van der Waals surface area (Å²) in [7, 11) is 0.637. The zero-order valence-electron chi connectivity index (χ0n) is 45.0. The fourth-order valence-electron chi connectivity index (χ4n) is 11.2. The van der Waals surface area contributed by atoms with Crippen LogP contribution in [0.15, 0.2) is 152 Å². The predicted octanol–water partition coefficient (Wildman–Crippen LogP) is 11.3. The summed E-state index contributed by atoms with van der Waals surface area (Å²) in [5.41, 5.74) is 1.92. The van der Waals surface area contributed by atoms with Gasteiger partial charge in [0.2, 0.25) is 0 Å². The molecule has 6 atom stereocenters. The van der Waals surface area contributed by atoms with E-state index < -0.39 is 25.0 Å². The van der Waals surface area contributed by atoms with Crippen LogP contribution in [0.1, 0.15) is 87.3 Å². The molecule has 2 heterocycles. The van der Waals surface area contributed by atoms with Crippen LogP contribution in [0, 0.1) is 0 Å². The number of likely N-dealkylation sites (N-methyl/N-ethyl adjacent to an activating group) is 2. The number of hydrogen-bond donors (Lipinski definition) is 0. The van der Waals surface area contributed by atoms with Gasteiger partial charge < -0.3 is 32.6 Å². The van der Waals surface area contributed by atoms with Gasteiger partial charge in [-0.3, -0.25) is 0 Å². The molecule has 7 rings (SSSR count). The Morgan fingerprint density at radius 1 is 0.486 bits per heavy atom. The molecule has 2 aliphatic rings. The Bertz CT molecular complexity index is 2450. The fourth-order valence-corrected chi connectivity index (χ4v) is 23.2. The first kappa shape index (κ1) is 53.3. The number of hydrogen-bond acceptors (Lipinski definition) is 7. The lowest BCUT2D eigenvalue weighted by molar-refractivity contribution is -0.00791. The van der Waals surface area contributed by atoms with E-state index in [1.54, 1.807) is 0 Å². The van der Waals surface area contributed by atoms with Crippen LogP contribution in [0.3, 0.4) is 0 Å². The highest BCUT2D eigenvalue weighted by Gasteiger charge is 2.55. The largest absolute Gasteiger partial charge is 0.543 e. The lowest BCUT2D eigenvalue weighted by Gasteiger charge is -2.49. The van der Waals surface area contributed by atoms with Crippen LogP contribution < -0.4 is 25.2 Å². The van der Waals surface area contributed by atoms with E-state index in [1.165, 1.54) is 20.7 Å². The summed E-state index contributed by atoms with van der Waals surface area (Å²) in [4.78, 5) is 4.57. The third kappa shape index (κ3) is 10.4. The molecule has 0 aliphatic carbocycles. The third-order valence-corrected chi connectivity index (χ3v) is 29.9. The molecular formula is C60H82N2O5Si3. The average Bonchev–Trinajstić information content (AvgIpc) is 3.35. The second-order valence-electron chi connectivity index (χ2n) is 22.2. The Hall–Kier alpha value is -4.53. The first-order valence-corrected chi connectivity index (χ1v) is 32.1. The molecule has 0 unspecified atom stereocenters. The molecule has 2 aliphatic heterocycles. The van der Waals surface area contributed by atoms with Crippen LogP contribution in [-0.4, -0.2) is 99.4 Å². The summed E-state index contributed by atoms with van der Waals surface area (Å²) < 4.78 is 37.5. The van der Waals surface area contributed by atoms with Crippen molar-refractivity contribution in [2.45, 2.75) is 141 Å². The van der Waals surface area contributed by atoms with Gasteiger partial charge in [0.05, 0.1) is 17.6 Å². The third-order valence-electron chi connectivity index (χ3n) is 15.3. The summed E-state index contributed by atoms with van der Waals surface area (Å²) in [6.45, 7) is 25.3. The Morgan fingerprint density at radius 2 is 0.829 bits per heavy atom. The van der Waals surface area contributed by atoms with E-state index in [-0.39, 0.29) is 46.6 Å². The number of rotatable bonds is 17. The maximum absolute atomic E-state index is 7.90. The van der Waals surface area contributed by atoms with Crippen molar-refractivity contribution in [3.05, 3.63) is 163 Å². The molecule has 0 amide bonds. The Labute approximate surface area is 425 Å². The van der Waals surface area contributed by atoms with E-state index in [0.717, 1.165) is 46.5 Å². The number of nitrogens with zero attached hydrogens (tertiary/aromatic N) is 2. The molecule has 0 N–H and O–H groups in total. The highest BCUT2D eigenvalue weighted by atomic mass is 28.4. The van der Waals surface area contributed by atoms with Crippen LogP contribution in [-0.2, 0) is 18.3 Å². The van der Waals surface area contributed by atoms with Gasteiger partial charge in [-0.2, -0.15) is 0 Å². The van der Waals surface area contributed by atoms with Gasteiger partial charge in [0, 0.05) is 5.56 Å². The summed E-state index contributed by atoms with van der Waals surface area (Å²) in [6.07, 6.45) is 3.48. The molecule has 0 saturated heterocycles. The van der Waals surface area contributed by atoms with Gasteiger partial charge in [-0.05, 0) is 121 Å². The summed E-state index contributed by atoms with van der Waals surface area (Å²) in [6, 6.07) is 53.1. The van der Waals surface area contributed by atoms with E-state index in [9.17, 15) is 0 Å². The van der Waals surface area contributed by atoms with Gasteiger partial charge >= 0.3 is 0 Å². The maximum atomic E-state index is 7.90. The van der Waals surface area contributed by atoms with Gasteiger partial charge in [-0.25, -0.2) is 0 Å². The molecule has 374 valence electrons. The number of benzene rings is 5. The quantitative estimate of drug-likeness (QED) is 0.0861. The highest BCUT2D eigenvalue weighted by molar-refractivity contribution is 7.00. The van der Waals surface area contributed by atoms with Crippen molar-refractivity contribution in [2.24, 2.45) is 0 Å². The maximum Gasteiger partial charge on any atom is 0.261 e. The molecule has 7 nitrogen and oxygen atoms in total. The average molecular weight is 996 g/mol. The summed E-state index contributed by atoms with van der Waals surface area (Å²) in [5, 5.41) is 4.63. The SMILES string of the molecule is CC[Si](CC)(CC)Oc1ccc(C2=C[C@@H](N(C)C)[C@@H](O[Si](c3ccccc3)(c3ccccc3)C(C)(C)C)[C@H](C)O2)cc1C1=C[C@@H](N(C)C)[C@@H](O[Si](c2ccccc2)(c2ccccc2)C(C)(C)C)[C@H](C)O1. The van der Waals surface area contributed by atoms with E-state index in [1.807, 2.05) is 0 Å². The first-order chi connectivity index (χ1) is 33.3. The van der Waals surface area contributed by atoms with Crippen molar-refractivity contribution in [1.82, 2.24) is 9.80 Å². The minimum absolute atomic E-state index is 0.0808. The van der Waals surface area contributed by atoms with Crippen LogP contribution in [0.4, 0.5) is 0 Å². The fraction of sp³-hybridized carbons (Fsp3) is 0.433. The molecule has 5 aromatic rings. The van der Waals surface area contributed by atoms with Crippen molar-refractivity contribution in [1.29, 1.82) is 0 Å². The Kier molecular flexibility index (Phi) is 16.5. The predicted molar refractivity (Wildman–Crippen MR) is 301 cm³/mol. The topological polar surface area (TPSA) is 52.6 Å². The zero-order chi connectivity index (χ0) is 50.6. The molecule has 70 heavy (non-hydrogen) atoms. The van der Waals surface area contributed by atoms with Gasteiger partial charge in [0.1, 0.15) is 41.7 Å². The molecule has 0 spiro atoms. The van der Waals surface area contributed by atoms with Crippen molar-refractivity contribution in [2.75, 3.05) is 28.2 Å². The lowest BCUT2D eigenvalue weighted by atomic mass is 9.96. The zero-order valence-corrected chi connectivity index (χ0v) is 48.0. The molecule has 0 radical (unpaired) electrons. The van der Waals surface area contributed by atoms with Crippen LogP contribution >= 0.6 is 0 Å². The smallest absolute Gasteiger partial charge is 0.261 e. The minimum Gasteiger partial charge on any atom is -0.543 e. The molecular weight excluding hydrogens is 913 g/mol. The first-order valence-electron chi connectivity index (χ1n) is 25.8. The van der Waals surface area contributed by atoms with Crippen molar-refractivity contribution >= 4 is 57.2 Å². The summed E-state index contributed by atoms with van der Waals surface area (Å²) >= 11 is 0. The Balaban J connectivity index is 1.34. The Morgan fingerprint density at radius 3 is 1.16 bits per heavy atom. The van der Waals surface area contributed by atoms with Crippen molar-refractivity contribution < 1.29 is 22.8 Å². The minimum atomic E-state index is -2.94. The van der Waals surface area contributed by atoms with E-state index in [4.69, 9.17) is 22.8 Å². The molecule has 0 saturated carbocycles. The molecule has 5 aromatic carbocycles. The monoisotopic (exact) mass is 995 g/mol. The lowest BCUT2D eigenvalue weighted by Crippen LogP contribution is -2.70. The van der Waals surface area contributed by atoms with E-state index in [0.29, 0.717) is 0 Å². The van der Waals surface area contributed by atoms with E-state index in [2.05, 4.69) is 266 Å². The second-order valence-corrected chi connectivity index (χ2v) is 35.4. The normalized spacial score (nSPS) is 21.4. The van der Waals surface area contributed by atoms with Crippen molar-refractivity contribution in [3.8, 4) is 5.75 Å². The molecule has 0 aromatic heterocycles. The van der Waals surface area contributed by atoms with E-state index >= 15 is 0 Å². The van der Waals surface area contributed by atoms with Crippen LogP contribution in [0.2, 0.25) is 28.2 Å². The number of ether oxygens (including phenoxy) is 2. The van der Waals surface area contributed by atoms with Gasteiger partial charge in [0.15, 0.2) is 0 Å². The molecule has 10 heteroatoms. The molecule has 0 fully saturated rings. The molecule has 0 bridgehead atoms. The standard InChI is InChI=1S/C60H82N2O5Si3/c1-16-68(17-2,18-3)65-54-40-39-46(55-42-52(61(12)13)57(44(4)63-55)66-69(59(6,7)8,47-31-23-19-24-32-47)48-33-25-20-26-34-48)41-51(54)56-43-53(62(14)15)58(45(5)64-56)67-70(60(9,10)11,49-35-27-21-28-36-49)50-37-29-22-30-38-50/h19-45,52-53,57-58H,16-18H2,1-15H3/t44-,45-,52+,53+,57-,58-/m0/s1. The summed E-state index contributed by atoms with van der Waals surface area (Å²) in [5.74, 6) is 2.50. The highest BCUT2D eigenvalue weighted by Crippen LogP contribution is 2.44. The van der Waals surface area contributed by atoms with Crippen LogP contribution in [0.5, 0.6) is 5.75 Å². The second kappa shape index (κ2) is 21.7. The van der Waals surface area contributed by atoms with Gasteiger partial charge in [0.25, 0.3) is 25.0 Å². The van der Waals surface area contributed by atoms with Gasteiger partial charge in [-0.1, -0.05) is 184 Å². The van der Waals surface area contributed by atoms with Crippen molar-refractivity contribution in [3.63, 3.8) is 0 Å².